The number of hydrogen-bond acceptors (Lipinski definition) is 3. The molecular weight excluding hydrogens is 300 g/mol. The largest absolute Gasteiger partial charge is 0.299 e. The minimum absolute atomic E-state index is 0.0688. The highest BCUT2D eigenvalue weighted by atomic mass is 16.1. The van der Waals surface area contributed by atoms with Crippen LogP contribution in [-0.4, -0.2) is 17.9 Å². The third-order valence-electron chi connectivity index (χ3n) is 7.77. The molecule has 0 spiro atoms. The number of hydrogen-bond donors (Lipinski definition) is 0. The Kier molecular flexibility index (Phi) is 3.49. The molecule has 3 nitrogen and oxygen atoms in total. The van der Waals surface area contributed by atoms with E-state index < -0.39 is 0 Å². The molecule has 0 N–H and O–H groups in total. The van der Waals surface area contributed by atoms with Gasteiger partial charge in [0.25, 0.3) is 0 Å². The zero-order chi connectivity index (χ0) is 17.1. The fraction of sp³-hybridized carbons (Fsp3) is 0.667. The van der Waals surface area contributed by atoms with E-state index in [1.54, 1.807) is 6.08 Å². The van der Waals surface area contributed by atoms with Crippen molar-refractivity contribution in [2.45, 2.75) is 58.8 Å². The Hall–Kier alpha value is -1.51. The van der Waals surface area contributed by atoms with Crippen molar-refractivity contribution < 1.29 is 14.4 Å². The number of Topliss-reactive ketones (excluding diaryl/α,β-unsaturated/α-hetero) is 1. The molecule has 0 aromatic rings. The summed E-state index contributed by atoms with van der Waals surface area (Å²) in [6.45, 7) is 4.42. The summed E-state index contributed by atoms with van der Waals surface area (Å²) in [6, 6.07) is 0. The molecule has 24 heavy (non-hydrogen) atoms. The van der Waals surface area contributed by atoms with Gasteiger partial charge in [0, 0.05) is 18.8 Å². The summed E-state index contributed by atoms with van der Waals surface area (Å²) < 4.78 is 0. The Morgan fingerprint density at radius 2 is 1.88 bits per heavy atom. The normalized spacial score (nSPS) is 46.2. The van der Waals surface area contributed by atoms with Crippen LogP contribution in [0, 0.1) is 28.6 Å². The maximum Gasteiger partial charge on any atom is 0.155 e. The Morgan fingerprint density at radius 3 is 2.62 bits per heavy atom. The Balaban J connectivity index is 1.75. The molecular formula is C21H26O3. The summed E-state index contributed by atoms with van der Waals surface area (Å²) in [5.41, 5.74) is 2.16. The SMILES string of the molecule is C[C@]12CCC(=O)C=C1CC[C@@H]1[C@@H]2C(=O)C[C@]2(C)C(=CC=O)CC[C@@H]12. The van der Waals surface area contributed by atoms with Gasteiger partial charge in [0.2, 0.25) is 0 Å². The van der Waals surface area contributed by atoms with E-state index in [1.807, 2.05) is 6.08 Å². The van der Waals surface area contributed by atoms with E-state index in [4.69, 9.17) is 0 Å². The van der Waals surface area contributed by atoms with Crippen molar-refractivity contribution in [1.82, 2.24) is 0 Å². The fourth-order valence-corrected chi connectivity index (χ4v) is 6.59. The van der Waals surface area contributed by atoms with Crippen LogP contribution in [0.25, 0.3) is 0 Å². The lowest BCUT2D eigenvalue weighted by Gasteiger charge is -2.56. The predicted molar refractivity (Wildman–Crippen MR) is 91.2 cm³/mol. The summed E-state index contributed by atoms with van der Waals surface area (Å²) in [5, 5.41) is 0. The van der Waals surface area contributed by atoms with Gasteiger partial charge in [-0.3, -0.25) is 14.4 Å². The number of allylic oxidation sites excluding steroid dienone is 3. The quantitative estimate of drug-likeness (QED) is 0.544. The van der Waals surface area contributed by atoms with Crippen molar-refractivity contribution in [1.29, 1.82) is 0 Å². The Morgan fingerprint density at radius 1 is 1.08 bits per heavy atom. The first kappa shape index (κ1) is 16.0. The lowest BCUT2D eigenvalue weighted by molar-refractivity contribution is -0.142. The van der Waals surface area contributed by atoms with Crippen LogP contribution in [0.15, 0.2) is 23.3 Å². The van der Waals surface area contributed by atoms with Crippen LogP contribution < -0.4 is 0 Å². The first-order chi connectivity index (χ1) is 11.4. The molecule has 0 aromatic heterocycles. The number of aldehydes is 1. The van der Waals surface area contributed by atoms with E-state index in [0.29, 0.717) is 30.5 Å². The predicted octanol–water partition coefficient (Wildman–Crippen LogP) is 3.82. The maximum atomic E-state index is 13.2. The average molecular weight is 326 g/mol. The molecule has 0 heterocycles. The van der Waals surface area contributed by atoms with Crippen molar-refractivity contribution in [2.24, 2.45) is 28.6 Å². The highest BCUT2D eigenvalue weighted by Gasteiger charge is 2.60. The van der Waals surface area contributed by atoms with Crippen molar-refractivity contribution in [3.05, 3.63) is 23.3 Å². The van der Waals surface area contributed by atoms with Crippen LogP contribution in [-0.2, 0) is 14.4 Å². The number of carbonyl (C=O) groups is 3. The van der Waals surface area contributed by atoms with Crippen LogP contribution >= 0.6 is 0 Å². The third kappa shape index (κ3) is 1.99. The lowest BCUT2D eigenvalue weighted by Crippen LogP contribution is -2.54. The summed E-state index contributed by atoms with van der Waals surface area (Å²) in [7, 11) is 0. The second kappa shape index (κ2) is 5.24. The molecule has 0 saturated heterocycles. The van der Waals surface area contributed by atoms with E-state index >= 15 is 0 Å². The van der Waals surface area contributed by atoms with Gasteiger partial charge in [0.1, 0.15) is 12.1 Å². The molecule has 4 aliphatic rings. The van der Waals surface area contributed by atoms with Crippen LogP contribution in [0.1, 0.15) is 58.8 Å². The first-order valence-corrected chi connectivity index (χ1v) is 9.31. The molecule has 5 atom stereocenters. The molecule has 0 amide bonds. The second-order valence-electron chi connectivity index (χ2n) is 8.77. The van der Waals surface area contributed by atoms with Crippen molar-refractivity contribution >= 4 is 17.9 Å². The van der Waals surface area contributed by atoms with E-state index in [0.717, 1.165) is 38.4 Å². The Labute approximate surface area is 143 Å². The van der Waals surface area contributed by atoms with Crippen molar-refractivity contribution in [3.8, 4) is 0 Å². The minimum Gasteiger partial charge on any atom is -0.299 e. The monoisotopic (exact) mass is 326 g/mol. The van der Waals surface area contributed by atoms with Gasteiger partial charge in [-0.2, -0.15) is 0 Å². The van der Waals surface area contributed by atoms with Crippen LogP contribution in [0.5, 0.6) is 0 Å². The zero-order valence-corrected chi connectivity index (χ0v) is 14.6. The molecule has 3 saturated carbocycles. The number of ketones is 2. The van der Waals surface area contributed by atoms with Gasteiger partial charge < -0.3 is 0 Å². The van der Waals surface area contributed by atoms with Gasteiger partial charge in [0.05, 0.1) is 0 Å². The van der Waals surface area contributed by atoms with Crippen LogP contribution in [0.3, 0.4) is 0 Å². The molecule has 128 valence electrons. The molecule has 0 aliphatic heterocycles. The fourth-order valence-electron chi connectivity index (χ4n) is 6.59. The number of fused-ring (bicyclic) bond motifs is 5. The second-order valence-corrected chi connectivity index (χ2v) is 8.77. The van der Waals surface area contributed by atoms with Gasteiger partial charge in [-0.05, 0) is 66.9 Å². The standard InChI is InChI=1S/C21H26O3/c1-20-9-7-15(23)11-14(20)3-5-16-17-6-4-13(8-10-22)21(17,2)12-18(24)19(16)20/h8,10-11,16-17,19H,3-7,9,12H2,1-2H3/t16-,17-,19+,20-,21+/m0/s1. The molecule has 0 unspecified atom stereocenters. The van der Waals surface area contributed by atoms with Gasteiger partial charge in [0.15, 0.2) is 5.78 Å². The molecule has 3 heteroatoms. The topological polar surface area (TPSA) is 51.2 Å². The van der Waals surface area contributed by atoms with E-state index in [2.05, 4.69) is 13.8 Å². The number of rotatable bonds is 1. The van der Waals surface area contributed by atoms with Gasteiger partial charge in [-0.25, -0.2) is 0 Å². The third-order valence-corrected chi connectivity index (χ3v) is 7.77. The Bertz CT molecular complexity index is 685. The summed E-state index contributed by atoms with van der Waals surface area (Å²) >= 11 is 0. The summed E-state index contributed by atoms with van der Waals surface area (Å²) in [4.78, 5) is 36.1. The zero-order valence-electron chi connectivity index (χ0n) is 14.6. The maximum absolute atomic E-state index is 13.2. The smallest absolute Gasteiger partial charge is 0.155 e. The van der Waals surface area contributed by atoms with Crippen LogP contribution in [0.2, 0.25) is 0 Å². The van der Waals surface area contributed by atoms with E-state index in [1.165, 1.54) is 11.1 Å². The first-order valence-electron chi connectivity index (χ1n) is 9.31. The lowest BCUT2D eigenvalue weighted by atomic mass is 9.47. The van der Waals surface area contributed by atoms with E-state index in [9.17, 15) is 14.4 Å². The molecule has 0 bridgehead atoms. The molecule has 4 rings (SSSR count). The summed E-state index contributed by atoms with van der Waals surface area (Å²) in [5.74, 6) is 1.57. The molecule has 3 fully saturated rings. The van der Waals surface area contributed by atoms with E-state index in [-0.39, 0.29) is 22.5 Å². The van der Waals surface area contributed by atoms with Gasteiger partial charge >= 0.3 is 0 Å². The highest BCUT2D eigenvalue weighted by Crippen LogP contribution is 2.65. The van der Waals surface area contributed by atoms with Crippen molar-refractivity contribution in [2.75, 3.05) is 0 Å². The minimum atomic E-state index is -0.124. The van der Waals surface area contributed by atoms with Crippen molar-refractivity contribution in [3.63, 3.8) is 0 Å². The number of carbonyl (C=O) groups excluding carboxylic acids is 3. The van der Waals surface area contributed by atoms with Crippen LogP contribution in [0.4, 0.5) is 0 Å². The van der Waals surface area contributed by atoms with Gasteiger partial charge in [-0.15, -0.1) is 0 Å². The average Bonchev–Trinajstić information content (AvgIpc) is 2.84. The molecule has 4 aliphatic carbocycles. The molecule has 0 aromatic carbocycles. The van der Waals surface area contributed by atoms with Gasteiger partial charge in [-0.1, -0.05) is 25.0 Å². The highest BCUT2D eigenvalue weighted by molar-refractivity contribution is 5.93. The molecule has 0 radical (unpaired) electrons. The summed E-state index contributed by atoms with van der Waals surface area (Å²) in [6.07, 6.45) is 10.4.